The van der Waals surface area contributed by atoms with Gasteiger partial charge >= 0.3 is 0 Å². The molecule has 0 saturated heterocycles. The van der Waals surface area contributed by atoms with E-state index in [-0.39, 0.29) is 11.5 Å². The lowest BCUT2D eigenvalue weighted by molar-refractivity contribution is 0.0952. The lowest BCUT2D eigenvalue weighted by Crippen LogP contribution is -2.24. The summed E-state index contributed by atoms with van der Waals surface area (Å²) in [5, 5.41) is 6.99. The molecule has 0 aliphatic rings. The van der Waals surface area contributed by atoms with E-state index in [1.807, 2.05) is 24.3 Å². The van der Waals surface area contributed by atoms with Gasteiger partial charge in [-0.25, -0.2) is 0 Å². The average molecular weight is 362 g/mol. The van der Waals surface area contributed by atoms with Crippen molar-refractivity contribution in [3.8, 4) is 5.69 Å². The number of unbranched alkanes of at least 4 members (excludes halogenated alkanes) is 2. The summed E-state index contributed by atoms with van der Waals surface area (Å²) in [5.74, 6) is -0.0801. The number of carbonyl (C=O) groups excluding carboxylic acids is 1. The monoisotopic (exact) mass is 362 g/mol. The first-order valence-electron chi connectivity index (χ1n) is 9.06. The lowest BCUT2D eigenvalue weighted by atomic mass is 10.1. The predicted molar refractivity (Wildman–Crippen MR) is 104 cm³/mol. The first kappa shape index (κ1) is 18.5. The van der Waals surface area contributed by atoms with Crippen LogP contribution in [0.25, 0.3) is 5.69 Å². The maximum atomic E-state index is 11.9. The largest absolute Gasteiger partial charge is 0.352 e. The second-order valence-corrected chi connectivity index (χ2v) is 6.25. The third kappa shape index (κ3) is 5.34. The Kier molecular flexibility index (Phi) is 6.46. The van der Waals surface area contributed by atoms with Gasteiger partial charge in [0.15, 0.2) is 0 Å². The molecule has 0 fully saturated rings. The zero-order valence-corrected chi connectivity index (χ0v) is 15.0. The number of nitrogens with zero attached hydrogens (tertiary/aromatic N) is 3. The average Bonchev–Trinajstić information content (AvgIpc) is 2.72. The van der Waals surface area contributed by atoms with Gasteiger partial charge in [0.25, 0.3) is 11.5 Å². The van der Waals surface area contributed by atoms with E-state index in [4.69, 9.17) is 0 Å². The van der Waals surface area contributed by atoms with Crippen molar-refractivity contribution in [3.63, 3.8) is 0 Å². The number of carbonyl (C=O) groups is 1. The number of benzene rings is 1. The van der Waals surface area contributed by atoms with Crippen LogP contribution in [0.2, 0.25) is 0 Å². The predicted octanol–water partition coefficient (Wildman–Crippen LogP) is 2.77. The van der Waals surface area contributed by atoms with E-state index in [9.17, 15) is 9.59 Å². The summed E-state index contributed by atoms with van der Waals surface area (Å²) in [7, 11) is 0. The van der Waals surface area contributed by atoms with Crippen LogP contribution in [0.15, 0.2) is 71.9 Å². The number of pyridine rings is 1. The molecule has 6 heteroatoms. The van der Waals surface area contributed by atoms with Crippen molar-refractivity contribution < 1.29 is 4.79 Å². The topological polar surface area (TPSA) is 76.9 Å². The molecule has 0 radical (unpaired) electrons. The number of nitrogens with one attached hydrogen (secondary N) is 1. The first-order chi connectivity index (χ1) is 13.2. The molecule has 27 heavy (non-hydrogen) atoms. The number of hydrogen-bond donors (Lipinski definition) is 1. The summed E-state index contributed by atoms with van der Waals surface area (Å²) >= 11 is 0. The Bertz CT molecular complexity index is 921. The van der Waals surface area contributed by atoms with Crippen LogP contribution in [-0.2, 0) is 6.42 Å². The summed E-state index contributed by atoms with van der Waals surface area (Å²) in [5.41, 5.74) is 2.44. The third-order valence-corrected chi connectivity index (χ3v) is 4.25. The van der Waals surface area contributed by atoms with E-state index in [0.717, 1.165) is 31.4 Å². The number of aromatic nitrogens is 3. The molecule has 1 amide bonds. The van der Waals surface area contributed by atoms with Crippen molar-refractivity contribution in [2.45, 2.75) is 25.7 Å². The molecule has 0 bridgehead atoms. The lowest BCUT2D eigenvalue weighted by Gasteiger charge is -2.07. The van der Waals surface area contributed by atoms with Gasteiger partial charge in [-0.1, -0.05) is 18.6 Å². The van der Waals surface area contributed by atoms with E-state index in [1.54, 1.807) is 36.8 Å². The Morgan fingerprint density at radius 2 is 1.78 bits per heavy atom. The van der Waals surface area contributed by atoms with Crippen LogP contribution in [0, 0.1) is 0 Å². The van der Waals surface area contributed by atoms with Gasteiger partial charge < -0.3 is 5.32 Å². The summed E-state index contributed by atoms with van der Waals surface area (Å²) in [6, 6.07) is 14.5. The Morgan fingerprint density at radius 1 is 0.963 bits per heavy atom. The van der Waals surface area contributed by atoms with Gasteiger partial charge in [-0.05, 0) is 55.2 Å². The van der Waals surface area contributed by atoms with Gasteiger partial charge in [0.1, 0.15) is 0 Å². The molecule has 1 aromatic carbocycles. The maximum absolute atomic E-state index is 11.9. The normalized spacial score (nSPS) is 10.5. The quantitative estimate of drug-likeness (QED) is 0.625. The number of rotatable bonds is 8. The van der Waals surface area contributed by atoms with Gasteiger partial charge in [-0.3, -0.25) is 14.6 Å². The van der Waals surface area contributed by atoms with Crippen molar-refractivity contribution >= 4 is 5.91 Å². The van der Waals surface area contributed by atoms with Crippen molar-refractivity contribution in [3.05, 3.63) is 88.6 Å². The fourth-order valence-corrected chi connectivity index (χ4v) is 2.79. The van der Waals surface area contributed by atoms with Gasteiger partial charge in [0, 0.05) is 31.2 Å². The van der Waals surface area contributed by atoms with E-state index < -0.39 is 0 Å². The fourth-order valence-electron chi connectivity index (χ4n) is 2.79. The third-order valence-electron chi connectivity index (χ3n) is 4.25. The Labute approximate surface area is 157 Å². The highest BCUT2D eigenvalue weighted by Crippen LogP contribution is 2.10. The second kappa shape index (κ2) is 9.43. The molecule has 0 spiro atoms. The highest BCUT2D eigenvalue weighted by atomic mass is 16.1. The van der Waals surface area contributed by atoms with Gasteiger partial charge in [0.2, 0.25) is 0 Å². The molecule has 2 heterocycles. The van der Waals surface area contributed by atoms with Crippen LogP contribution in [0.5, 0.6) is 0 Å². The van der Waals surface area contributed by atoms with Crippen LogP contribution >= 0.6 is 0 Å². The van der Waals surface area contributed by atoms with Crippen molar-refractivity contribution in [1.82, 2.24) is 20.1 Å². The molecular formula is C21H22N4O2. The van der Waals surface area contributed by atoms with E-state index >= 15 is 0 Å². The smallest absolute Gasteiger partial charge is 0.271 e. The fraction of sp³-hybridized carbons (Fsp3) is 0.238. The second-order valence-electron chi connectivity index (χ2n) is 6.25. The van der Waals surface area contributed by atoms with Crippen molar-refractivity contribution in [2.75, 3.05) is 6.54 Å². The highest BCUT2D eigenvalue weighted by molar-refractivity contribution is 5.93. The zero-order valence-electron chi connectivity index (χ0n) is 15.0. The van der Waals surface area contributed by atoms with Crippen molar-refractivity contribution in [2.24, 2.45) is 0 Å². The standard InChI is InChI=1S/C21H22N4O2/c26-20-8-5-15-24-25(20)19-11-9-17(10-12-19)6-2-1-3-14-23-21(27)18-7-4-13-22-16-18/h4-5,7-13,15-16H,1-3,6,14H2,(H,23,27). The Hall–Kier alpha value is -3.28. The number of aryl methyl sites for hydroxylation is 1. The minimum atomic E-state index is -0.140. The number of hydrogen-bond acceptors (Lipinski definition) is 4. The molecule has 1 N–H and O–H groups in total. The zero-order chi connectivity index (χ0) is 18.9. The SMILES string of the molecule is O=C(NCCCCCc1ccc(-n2ncccc2=O)cc1)c1cccnc1. The van der Waals surface area contributed by atoms with Crippen LogP contribution in [0.1, 0.15) is 35.2 Å². The summed E-state index contributed by atoms with van der Waals surface area (Å²) in [4.78, 5) is 27.6. The van der Waals surface area contributed by atoms with Crippen LogP contribution < -0.4 is 10.9 Å². The minimum absolute atomic E-state index is 0.0801. The maximum Gasteiger partial charge on any atom is 0.271 e. The molecule has 0 aliphatic carbocycles. The molecule has 3 rings (SSSR count). The van der Waals surface area contributed by atoms with Crippen LogP contribution in [0.3, 0.4) is 0 Å². The number of amides is 1. The molecule has 3 aromatic rings. The van der Waals surface area contributed by atoms with Gasteiger partial charge in [0.05, 0.1) is 11.3 Å². The first-order valence-corrected chi connectivity index (χ1v) is 9.06. The molecule has 0 saturated carbocycles. The highest BCUT2D eigenvalue weighted by Gasteiger charge is 2.04. The molecule has 0 atom stereocenters. The molecule has 0 unspecified atom stereocenters. The van der Waals surface area contributed by atoms with Gasteiger partial charge in [-0.2, -0.15) is 9.78 Å². The van der Waals surface area contributed by atoms with E-state index in [2.05, 4.69) is 15.4 Å². The van der Waals surface area contributed by atoms with Crippen LogP contribution in [-0.4, -0.2) is 27.2 Å². The Balaban J connectivity index is 1.38. The van der Waals surface area contributed by atoms with E-state index in [0.29, 0.717) is 12.1 Å². The Morgan fingerprint density at radius 3 is 2.52 bits per heavy atom. The molecule has 6 nitrogen and oxygen atoms in total. The van der Waals surface area contributed by atoms with E-state index in [1.165, 1.54) is 16.3 Å². The molecule has 2 aromatic heterocycles. The molecular weight excluding hydrogens is 340 g/mol. The minimum Gasteiger partial charge on any atom is -0.352 e. The van der Waals surface area contributed by atoms with Gasteiger partial charge in [-0.15, -0.1) is 0 Å². The van der Waals surface area contributed by atoms with Crippen LogP contribution in [0.4, 0.5) is 0 Å². The molecule has 0 aliphatic heterocycles. The van der Waals surface area contributed by atoms with Crippen molar-refractivity contribution in [1.29, 1.82) is 0 Å². The summed E-state index contributed by atoms with van der Waals surface area (Å²) in [6.07, 6.45) is 8.81. The summed E-state index contributed by atoms with van der Waals surface area (Å²) in [6.45, 7) is 0.662. The molecule has 138 valence electrons. The summed E-state index contributed by atoms with van der Waals surface area (Å²) < 4.78 is 1.38.